The first-order valence-corrected chi connectivity index (χ1v) is 6.43. The first-order chi connectivity index (χ1) is 7.70. The lowest BCUT2D eigenvalue weighted by atomic mass is 10.2. The second-order valence-electron chi connectivity index (χ2n) is 3.18. The molecule has 0 saturated heterocycles. The Morgan fingerprint density at radius 3 is 2.94 bits per heavy atom. The maximum atomic E-state index is 6.12. The molecular weight excluding hydrogens is 263 g/mol. The lowest BCUT2D eigenvalue weighted by Gasteiger charge is -2.00. The van der Waals surface area contributed by atoms with Crippen LogP contribution in [-0.2, 0) is 0 Å². The van der Waals surface area contributed by atoms with Crippen LogP contribution in [-0.4, -0.2) is 11.5 Å². The van der Waals surface area contributed by atoms with Crippen LogP contribution in [0.1, 0.15) is 6.92 Å². The van der Waals surface area contributed by atoms with Crippen LogP contribution in [0.4, 0.5) is 5.13 Å². The van der Waals surface area contributed by atoms with Crippen molar-refractivity contribution in [2.75, 3.05) is 11.9 Å². The Labute approximate surface area is 108 Å². The molecule has 0 aliphatic heterocycles. The predicted molar refractivity (Wildman–Crippen MR) is 71.7 cm³/mol. The number of hydrogen-bond acceptors (Lipinski definition) is 3. The van der Waals surface area contributed by atoms with E-state index >= 15 is 0 Å². The minimum absolute atomic E-state index is 0.679. The maximum absolute atomic E-state index is 6.12. The molecule has 0 amide bonds. The van der Waals surface area contributed by atoms with Crippen LogP contribution >= 0.6 is 34.5 Å². The second kappa shape index (κ2) is 5.04. The molecule has 0 aliphatic rings. The number of hydrogen-bond donors (Lipinski definition) is 1. The molecule has 0 atom stereocenters. The summed E-state index contributed by atoms with van der Waals surface area (Å²) >= 11 is 13.6. The number of thiazole rings is 1. The molecule has 0 bridgehead atoms. The number of halogens is 2. The molecule has 84 valence electrons. The zero-order valence-electron chi connectivity index (χ0n) is 8.63. The van der Waals surface area contributed by atoms with Crippen molar-refractivity contribution in [3.63, 3.8) is 0 Å². The van der Waals surface area contributed by atoms with Crippen molar-refractivity contribution in [2.24, 2.45) is 0 Å². The molecule has 2 aromatic rings. The smallest absolute Gasteiger partial charge is 0.183 e. The third-order valence-corrected chi connectivity index (χ3v) is 3.58. The third kappa shape index (κ3) is 2.48. The van der Waals surface area contributed by atoms with Crippen LogP contribution in [0.3, 0.4) is 0 Å². The lowest BCUT2D eigenvalue weighted by Crippen LogP contribution is -1.94. The summed E-state index contributed by atoms with van der Waals surface area (Å²) in [4.78, 5) is 5.28. The van der Waals surface area contributed by atoms with Gasteiger partial charge in [0.1, 0.15) is 0 Å². The summed E-state index contributed by atoms with van der Waals surface area (Å²) in [7, 11) is 0. The lowest BCUT2D eigenvalue weighted by molar-refractivity contribution is 1.19. The fraction of sp³-hybridized carbons (Fsp3) is 0.182. The first kappa shape index (κ1) is 11.7. The van der Waals surface area contributed by atoms with Gasteiger partial charge in [0.25, 0.3) is 0 Å². The number of rotatable bonds is 3. The Morgan fingerprint density at radius 2 is 2.19 bits per heavy atom. The largest absolute Gasteiger partial charge is 0.362 e. The standard InChI is InChI=1S/C11H10Cl2N2S/c1-2-14-11-15-6-10(16-11)8-5-7(12)3-4-9(8)13/h3-6H,2H2,1H3,(H,14,15). The fourth-order valence-electron chi connectivity index (χ4n) is 1.32. The van der Waals surface area contributed by atoms with Gasteiger partial charge in [-0.1, -0.05) is 34.5 Å². The summed E-state index contributed by atoms with van der Waals surface area (Å²) in [6.07, 6.45) is 1.81. The van der Waals surface area contributed by atoms with Crippen LogP contribution < -0.4 is 5.32 Å². The molecule has 0 saturated carbocycles. The minimum Gasteiger partial charge on any atom is -0.362 e. The average molecular weight is 273 g/mol. The molecule has 0 aliphatic carbocycles. The fourth-order valence-corrected chi connectivity index (χ4v) is 2.68. The molecule has 0 radical (unpaired) electrons. The van der Waals surface area contributed by atoms with E-state index in [0.717, 1.165) is 22.1 Å². The Morgan fingerprint density at radius 1 is 1.38 bits per heavy atom. The molecule has 1 heterocycles. The first-order valence-electron chi connectivity index (χ1n) is 4.86. The van der Waals surface area contributed by atoms with Gasteiger partial charge in [-0.05, 0) is 25.1 Å². The van der Waals surface area contributed by atoms with E-state index in [4.69, 9.17) is 23.2 Å². The van der Waals surface area contributed by atoms with Crippen LogP contribution in [0.25, 0.3) is 10.4 Å². The van der Waals surface area contributed by atoms with Gasteiger partial charge in [-0.2, -0.15) is 0 Å². The third-order valence-electron chi connectivity index (χ3n) is 2.03. The molecule has 1 N–H and O–H groups in total. The van der Waals surface area contributed by atoms with Gasteiger partial charge in [0.05, 0.1) is 4.88 Å². The molecule has 0 spiro atoms. The molecule has 0 unspecified atom stereocenters. The van der Waals surface area contributed by atoms with Crippen LogP contribution in [0, 0.1) is 0 Å². The molecule has 1 aromatic carbocycles. The zero-order valence-corrected chi connectivity index (χ0v) is 11.0. The van der Waals surface area contributed by atoms with Crippen LogP contribution in [0.5, 0.6) is 0 Å². The van der Waals surface area contributed by atoms with Gasteiger partial charge < -0.3 is 5.32 Å². The van der Waals surface area contributed by atoms with Crippen molar-refractivity contribution in [3.05, 3.63) is 34.4 Å². The van der Waals surface area contributed by atoms with E-state index in [9.17, 15) is 0 Å². The summed E-state index contributed by atoms with van der Waals surface area (Å²) < 4.78 is 0. The van der Waals surface area contributed by atoms with Gasteiger partial charge in [-0.3, -0.25) is 0 Å². The summed E-state index contributed by atoms with van der Waals surface area (Å²) in [5.41, 5.74) is 0.927. The number of benzene rings is 1. The van der Waals surface area contributed by atoms with E-state index in [2.05, 4.69) is 10.3 Å². The van der Waals surface area contributed by atoms with Crippen LogP contribution in [0.15, 0.2) is 24.4 Å². The molecule has 2 nitrogen and oxygen atoms in total. The van der Waals surface area contributed by atoms with Crippen molar-refractivity contribution in [2.45, 2.75) is 6.92 Å². The molecule has 1 aromatic heterocycles. The number of nitrogens with one attached hydrogen (secondary N) is 1. The highest BCUT2D eigenvalue weighted by atomic mass is 35.5. The molecule has 5 heteroatoms. The Balaban J connectivity index is 2.38. The van der Waals surface area contributed by atoms with E-state index in [-0.39, 0.29) is 0 Å². The molecule has 16 heavy (non-hydrogen) atoms. The van der Waals surface area contributed by atoms with E-state index in [1.807, 2.05) is 13.0 Å². The highest BCUT2D eigenvalue weighted by Gasteiger charge is 2.08. The highest BCUT2D eigenvalue weighted by Crippen LogP contribution is 2.35. The number of nitrogens with zero attached hydrogens (tertiary/aromatic N) is 1. The van der Waals surface area contributed by atoms with Gasteiger partial charge >= 0.3 is 0 Å². The summed E-state index contributed by atoms with van der Waals surface area (Å²) in [5, 5.41) is 5.43. The quantitative estimate of drug-likeness (QED) is 0.887. The van der Waals surface area contributed by atoms with Crippen molar-refractivity contribution in [1.82, 2.24) is 4.98 Å². The highest BCUT2D eigenvalue weighted by molar-refractivity contribution is 7.18. The Kier molecular flexibility index (Phi) is 3.69. The Bertz CT molecular complexity index is 496. The van der Waals surface area contributed by atoms with Crippen molar-refractivity contribution in [3.8, 4) is 10.4 Å². The number of aromatic nitrogens is 1. The zero-order chi connectivity index (χ0) is 11.5. The SMILES string of the molecule is CCNc1ncc(-c2cc(Cl)ccc2Cl)s1. The van der Waals surface area contributed by atoms with Gasteiger partial charge in [-0.25, -0.2) is 4.98 Å². The monoisotopic (exact) mass is 272 g/mol. The summed E-state index contributed by atoms with van der Waals surface area (Å²) in [6, 6.07) is 5.43. The summed E-state index contributed by atoms with van der Waals surface area (Å²) in [6.45, 7) is 2.89. The molecule has 0 fully saturated rings. The summed E-state index contributed by atoms with van der Waals surface area (Å²) in [5.74, 6) is 0. The average Bonchev–Trinajstić information content (AvgIpc) is 2.71. The van der Waals surface area contributed by atoms with Crippen molar-refractivity contribution in [1.29, 1.82) is 0 Å². The molecule has 2 rings (SSSR count). The van der Waals surface area contributed by atoms with Gasteiger partial charge in [0.2, 0.25) is 0 Å². The predicted octanol–water partition coefficient (Wildman–Crippen LogP) is 4.55. The van der Waals surface area contributed by atoms with Gasteiger partial charge in [0, 0.05) is 28.4 Å². The van der Waals surface area contributed by atoms with Crippen molar-refractivity contribution < 1.29 is 0 Å². The van der Waals surface area contributed by atoms with Gasteiger partial charge in [-0.15, -0.1) is 0 Å². The van der Waals surface area contributed by atoms with E-state index in [1.54, 1.807) is 29.7 Å². The van der Waals surface area contributed by atoms with Gasteiger partial charge in [0.15, 0.2) is 5.13 Å². The maximum Gasteiger partial charge on any atom is 0.183 e. The van der Waals surface area contributed by atoms with E-state index < -0.39 is 0 Å². The molecular formula is C11H10Cl2N2S. The second-order valence-corrected chi connectivity index (χ2v) is 5.06. The van der Waals surface area contributed by atoms with E-state index in [1.165, 1.54) is 0 Å². The minimum atomic E-state index is 0.679. The topological polar surface area (TPSA) is 24.9 Å². The number of anilines is 1. The normalized spacial score (nSPS) is 10.4. The van der Waals surface area contributed by atoms with Crippen LogP contribution in [0.2, 0.25) is 10.0 Å². The van der Waals surface area contributed by atoms with Crippen molar-refractivity contribution >= 4 is 39.7 Å². The van der Waals surface area contributed by atoms with E-state index in [0.29, 0.717) is 10.0 Å². The Hall–Kier alpha value is -0.770.